The molecule has 0 saturated carbocycles. The van der Waals surface area contributed by atoms with E-state index in [-0.39, 0.29) is 135 Å². The molecule has 7 heterocycles. The summed E-state index contributed by atoms with van der Waals surface area (Å²) >= 11 is 18.5. The van der Waals surface area contributed by atoms with Crippen LogP contribution in [0.3, 0.4) is 0 Å². The van der Waals surface area contributed by atoms with Crippen molar-refractivity contribution in [3.63, 3.8) is 0 Å². The van der Waals surface area contributed by atoms with Crippen molar-refractivity contribution < 1.29 is 108 Å². The molecule has 7 N–H and O–H groups in total. The molecule has 0 aliphatic carbocycles. The van der Waals surface area contributed by atoms with Crippen molar-refractivity contribution >= 4 is 129 Å². The summed E-state index contributed by atoms with van der Waals surface area (Å²) in [5.74, 6) is -8.63. The zero-order chi connectivity index (χ0) is 59.1. The fraction of sp³-hybridized carbons (Fsp3) is 0. The van der Waals surface area contributed by atoms with E-state index < -0.39 is 41.8 Å². The summed E-state index contributed by atoms with van der Waals surface area (Å²) in [7, 11) is 0. The molecule has 0 aliphatic rings. The normalized spacial score (nSPS) is 8.75. The van der Waals surface area contributed by atoms with Crippen LogP contribution in [-0.4, -0.2) is 138 Å². The summed E-state index contributed by atoms with van der Waals surface area (Å²) in [6.07, 6.45) is 5.01. The topological polar surface area (TPSA) is 463 Å². The third kappa shape index (κ3) is 23.9. The van der Waals surface area contributed by atoms with Crippen LogP contribution < -0.4 is 0 Å². The minimum Gasteiger partial charge on any atom is -0.753 e. The molecular formula is C47H25N12O14Ru2S5. The summed E-state index contributed by atoms with van der Waals surface area (Å²) in [5.41, 5.74) is -0.167. The Morgan fingerprint density at radius 2 is 0.425 bits per heavy atom. The summed E-state index contributed by atoms with van der Waals surface area (Å²) in [6, 6.07) is 17.3. The first-order valence-corrected chi connectivity index (χ1v) is 21.7. The number of carboxylic acid groups (broad SMARTS) is 7. The van der Waals surface area contributed by atoms with Crippen LogP contribution in [0.15, 0.2) is 110 Å². The molecular weight excluding hydrogens is 1320 g/mol. The van der Waals surface area contributed by atoms with E-state index in [0.29, 0.717) is 0 Å². The third-order valence-electron chi connectivity index (χ3n) is 8.56. The number of hydrogen-bond acceptors (Lipinski definition) is 19. The molecule has 0 atom stereocenters. The Morgan fingerprint density at radius 1 is 0.300 bits per heavy atom. The molecule has 80 heavy (non-hydrogen) atoms. The summed E-state index contributed by atoms with van der Waals surface area (Å²) in [5, 5.41) is 108. The number of pyridine rings is 7. The molecule has 7 rings (SSSR count). The van der Waals surface area contributed by atoms with E-state index in [4.69, 9.17) is 37.3 Å². The fourth-order valence-corrected chi connectivity index (χ4v) is 5.56. The Labute approximate surface area is 500 Å². The summed E-state index contributed by atoms with van der Waals surface area (Å²) < 4.78 is 0. The quantitative estimate of drug-likeness (QED) is 0.0341. The number of nitrogens with zero attached hydrogens (tertiary/aromatic N) is 12. The van der Waals surface area contributed by atoms with Gasteiger partial charge < -0.3 is 62.8 Å². The Kier molecular flexibility index (Phi) is 34.7. The molecule has 0 fully saturated rings. The molecule has 0 aliphatic heterocycles. The minimum atomic E-state index is -1.32. The van der Waals surface area contributed by atoms with E-state index in [1.54, 1.807) is 0 Å². The Bertz CT molecular complexity index is 3350. The monoisotopic (exact) mass is 1340 g/mol. The molecule has 0 amide bonds. The molecule has 0 spiro atoms. The van der Waals surface area contributed by atoms with Crippen molar-refractivity contribution in [3.8, 4) is 56.9 Å². The Hall–Kier alpha value is -9.41. The number of hydrogen-bond donors (Lipinski definition) is 7. The largest absolute Gasteiger partial charge is 3.00 e. The molecule has 7 aromatic rings. The standard InChI is InChI=1S/C24H14N4O8.C18H11N3O6.5CNS.2Ru/c29-21(30)11-1-3-25-15(5-11)17-7-13(23(33)34)9-19(27-17)20-10-14(24(35)36)8-18(28-20)16-6-12(22(31)32)2-4-26-16;22-16(23)9-1-3-19-12(5-9)14-7-11(18(26)27)8-15(21-14)13-6-10(17(24)25)2-4-20-13;5*2-1-3;;/h1-10H,(H,29,30)(H,31,32)(H,33,34)(H,35,36);1-8H,(H,22,23)(H,24,25)(H,26,27);;;;;;;/q;;5*-1;+2;+3. The second-order valence-corrected chi connectivity index (χ2v) is 14.1. The van der Waals surface area contributed by atoms with Gasteiger partial charge in [0.05, 0.1) is 95.9 Å². The van der Waals surface area contributed by atoms with E-state index in [0.717, 1.165) is 0 Å². The summed E-state index contributed by atoms with van der Waals surface area (Å²) in [6.45, 7) is 0. The van der Waals surface area contributed by atoms with Crippen LogP contribution in [0.5, 0.6) is 0 Å². The molecule has 1 radical (unpaired) electrons. The van der Waals surface area contributed by atoms with Crippen molar-refractivity contribution in [3.05, 3.63) is 176 Å². The number of thiocarbonyl (C=S) groups is 5. The average Bonchev–Trinajstić information content (AvgIpc) is 3.42. The van der Waals surface area contributed by atoms with Gasteiger partial charge in [0.1, 0.15) is 0 Å². The van der Waals surface area contributed by atoms with Gasteiger partial charge in [-0.15, -0.1) is 0 Å². The van der Waals surface area contributed by atoms with Crippen molar-refractivity contribution in [1.82, 2.24) is 34.9 Å². The first-order valence-electron chi connectivity index (χ1n) is 19.7. The maximum atomic E-state index is 11.8. The predicted molar refractivity (Wildman–Crippen MR) is 293 cm³/mol. The number of carboxylic acids is 7. The van der Waals surface area contributed by atoms with Crippen LogP contribution in [0.1, 0.15) is 72.5 Å². The van der Waals surface area contributed by atoms with Gasteiger partial charge in [-0.1, -0.05) is 61.1 Å². The number of aromatic nitrogens is 7. The van der Waals surface area contributed by atoms with E-state index >= 15 is 0 Å². The molecule has 0 saturated heterocycles. The maximum absolute atomic E-state index is 11.8. The van der Waals surface area contributed by atoms with E-state index in [9.17, 15) is 59.1 Å². The SMILES string of the molecule is O=C(O)c1ccnc(-c2cc(C(=O)O)cc(-c3cc(C(=O)O)cc(-c4cc(C(=O)O)ccn4)n3)n2)c1.O=C(O)c1ccnc(-c2cc(C(=O)O)cc(-c3cc(C(=O)O)ccn3)n2)c1.[N-]=C=S.[N-]=C=S.[N-]=C=S.[N-]=C=S.[N-]=C=S.[Ru+2].[Ru+3]. The average molecular weight is 1340 g/mol. The molecule has 7 aromatic heterocycles. The Morgan fingerprint density at radius 3 is 0.562 bits per heavy atom. The van der Waals surface area contributed by atoms with Crippen LogP contribution in [0, 0.1) is 0 Å². The second kappa shape index (κ2) is 38.2. The van der Waals surface area contributed by atoms with Crippen LogP contribution >= 0.6 is 61.1 Å². The van der Waals surface area contributed by atoms with Crippen LogP contribution in [0.25, 0.3) is 84.0 Å². The van der Waals surface area contributed by atoms with Gasteiger partial charge in [-0.25, -0.2) is 48.5 Å². The number of carbonyl (C=O) groups is 7. The minimum absolute atomic E-state index is 0. The third-order valence-corrected chi connectivity index (χ3v) is 8.56. The van der Waals surface area contributed by atoms with Crippen molar-refractivity contribution in [2.45, 2.75) is 0 Å². The van der Waals surface area contributed by atoms with Gasteiger partial charge in [0.15, 0.2) is 0 Å². The number of aromatic carboxylic acids is 7. The number of rotatable bonds is 12. The smallest absolute Gasteiger partial charge is 0.753 e. The molecule has 403 valence electrons. The van der Waals surface area contributed by atoms with Gasteiger partial charge >= 0.3 is 80.7 Å². The first kappa shape index (κ1) is 72.7. The first-order chi connectivity index (χ1) is 37.0. The predicted octanol–water partition coefficient (Wildman–Crippen LogP) is 8.65. The molecule has 26 nitrogen and oxygen atoms in total. The molecule has 33 heteroatoms. The number of isothiocyanates is 5. The molecule has 0 unspecified atom stereocenters. The maximum Gasteiger partial charge on any atom is 3.00 e. The van der Waals surface area contributed by atoms with E-state index in [1.807, 2.05) is 0 Å². The second-order valence-electron chi connectivity index (χ2n) is 13.2. The Balaban J connectivity index is 0. The van der Waals surface area contributed by atoms with Crippen LogP contribution in [0.2, 0.25) is 0 Å². The molecule has 0 aromatic carbocycles. The van der Waals surface area contributed by atoms with Crippen LogP contribution in [-0.2, 0) is 39.0 Å². The fourth-order valence-electron chi connectivity index (χ4n) is 5.56. The van der Waals surface area contributed by atoms with Gasteiger partial charge in [0.2, 0.25) is 0 Å². The van der Waals surface area contributed by atoms with E-state index in [1.165, 1.54) is 136 Å². The zero-order valence-corrected chi connectivity index (χ0v) is 46.6. The van der Waals surface area contributed by atoms with Crippen LogP contribution in [0.4, 0.5) is 0 Å². The van der Waals surface area contributed by atoms with Gasteiger partial charge in [0.25, 0.3) is 0 Å². The van der Waals surface area contributed by atoms with Gasteiger partial charge in [-0.05, 0) is 84.9 Å². The van der Waals surface area contributed by atoms with Gasteiger partial charge in [-0.3, -0.25) is 19.9 Å². The van der Waals surface area contributed by atoms with Crippen molar-refractivity contribution in [1.29, 1.82) is 0 Å². The summed E-state index contributed by atoms with van der Waals surface area (Å²) in [4.78, 5) is 109. The van der Waals surface area contributed by atoms with Crippen molar-refractivity contribution in [2.24, 2.45) is 0 Å². The van der Waals surface area contributed by atoms with E-state index in [2.05, 4.69) is 96.0 Å². The van der Waals surface area contributed by atoms with Gasteiger partial charge in [-0.2, -0.15) is 25.8 Å². The van der Waals surface area contributed by atoms with Gasteiger partial charge in [0, 0.05) is 24.8 Å². The molecule has 0 bridgehead atoms. The van der Waals surface area contributed by atoms with Crippen molar-refractivity contribution in [2.75, 3.05) is 0 Å². The zero-order valence-electron chi connectivity index (χ0n) is 39.0.